The van der Waals surface area contributed by atoms with Gasteiger partial charge in [-0.2, -0.15) is 9.78 Å². The molecule has 0 saturated carbocycles. The maximum atomic E-state index is 12.9. The van der Waals surface area contributed by atoms with Gasteiger partial charge in [0.15, 0.2) is 0 Å². The van der Waals surface area contributed by atoms with Gasteiger partial charge in [-0.25, -0.2) is 4.79 Å². The van der Waals surface area contributed by atoms with Crippen LogP contribution in [0.1, 0.15) is 20.8 Å². The molecule has 0 unspecified atom stereocenters. The fraction of sp³-hybridized carbons (Fsp3) is 0.200. The average molecular weight is 415 g/mol. The molecule has 3 aromatic carbocycles. The molecule has 6 nitrogen and oxygen atoms in total. The minimum Gasteiger partial charge on any atom is -0.495 e. The number of anilines is 2. The summed E-state index contributed by atoms with van der Waals surface area (Å²) in [7, 11) is 1.63. The number of nitrogens with one attached hydrogen (secondary N) is 1. The number of carbonyl (C=O) groups is 1. The van der Waals surface area contributed by atoms with Gasteiger partial charge in [-0.1, -0.05) is 42.5 Å². The Morgan fingerprint density at radius 3 is 2.39 bits per heavy atom. The van der Waals surface area contributed by atoms with Crippen LogP contribution < -0.4 is 10.1 Å². The first kappa shape index (κ1) is 20.5. The first-order valence-corrected chi connectivity index (χ1v) is 10.1. The Bertz CT molecular complexity index is 1220. The Morgan fingerprint density at radius 1 is 0.968 bits per heavy atom. The van der Waals surface area contributed by atoms with Crippen molar-refractivity contribution >= 4 is 28.4 Å². The van der Waals surface area contributed by atoms with Crippen LogP contribution in [0.3, 0.4) is 0 Å². The van der Waals surface area contributed by atoms with E-state index in [1.807, 2.05) is 93.6 Å². The van der Waals surface area contributed by atoms with E-state index in [2.05, 4.69) is 10.4 Å². The van der Waals surface area contributed by atoms with Crippen LogP contribution in [0.15, 0.2) is 72.8 Å². The predicted molar refractivity (Wildman–Crippen MR) is 123 cm³/mol. The number of benzene rings is 3. The molecule has 0 aliphatic carbocycles. The summed E-state index contributed by atoms with van der Waals surface area (Å²) in [6.07, 6.45) is -0.519. The number of nitrogens with zero attached hydrogens (tertiary/aromatic N) is 2. The van der Waals surface area contributed by atoms with E-state index < -0.39 is 11.7 Å². The molecule has 1 aromatic heterocycles. The van der Waals surface area contributed by atoms with Gasteiger partial charge in [0.05, 0.1) is 18.3 Å². The molecular weight excluding hydrogens is 390 g/mol. The number of rotatable bonds is 4. The molecule has 158 valence electrons. The van der Waals surface area contributed by atoms with E-state index in [-0.39, 0.29) is 0 Å². The highest BCUT2D eigenvalue weighted by molar-refractivity contribution is 5.99. The van der Waals surface area contributed by atoms with Gasteiger partial charge in [-0.05, 0) is 51.1 Å². The summed E-state index contributed by atoms with van der Waals surface area (Å²) >= 11 is 0. The van der Waals surface area contributed by atoms with E-state index >= 15 is 0 Å². The van der Waals surface area contributed by atoms with Crippen LogP contribution in [0.4, 0.5) is 16.2 Å². The SMILES string of the molecule is COc1ccccc1Nc1ccc2c(-c3ccccc3)nn(C(=O)OC(C)(C)C)c2c1. The lowest BCUT2D eigenvalue weighted by Gasteiger charge is -2.19. The molecule has 0 bridgehead atoms. The van der Waals surface area contributed by atoms with Crippen LogP contribution >= 0.6 is 0 Å². The van der Waals surface area contributed by atoms with Crippen LogP contribution in [0.25, 0.3) is 22.2 Å². The number of aromatic nitrogens is 2. The molecule has 0 aliphatic heterocycles. The summed E-state index contributed by atoms with van der Waals surface area (Å²) < 4.78 is 12.4. The monoisotopic (exact) mass is 415 g/mol. The first-order valence-electron chi connectivity index (χ1n) is 10.1. The second-order valence-corrected chi connectivity index (χ2v) is 8.16. The molecule has 0 amide bonds. The normalized spacial score (nSPS) is 11.4. The van der Waals surface area contributed by atoms with Crippen molar-refractivity contribution in [1.82, 2.24) is 9.78 Å². The number of carbonyl (C=O) groups excluding carboxylic acids is 1. The summed E-state index contributed by atoms with van der Waals surface area (Å²) in [5.74, 6) is 0.730. The van der Waals surface area contributed by atoms with Crippen molar-refractivity contribution in [3.8, 4) is 17.0 Å². The third-order valence-electron chi connectivity index (χ3n) is 4.68. The van der Waals surface area contributed by atoms with E-state index in [1.54, 1.807) is 7.11 Å². The van der Waals surface area contributed by atoms with E-state index in [4.69, 9.17) is 9.47 Å². The van der Waals surface area contributed by atoms with Gasteiger partial charge in [-0.15, -0.1) is 0 Å². The van der Waals surface area contributed by atoms with Crippen LogP contribution in [-0.2, 0) is 4.74 Å². The highest BCUT2D eigenvalue weighted by Crippen LogP contribution is 2.33. The van der Waals surface area contributed by atoms with Gasteiger partial charge in [0, 0.05) is 16.6 Å². The highest BCUT2D eigenvalue weighted by Gasteiger charge is 2.23. The molecule has 1 N–H and O–H groups in total. The Labute approximate surface area is 181 Å². The number of hydrogen-bond acceptors (Lipinski definition) is 5. The second-order valence-electron chi connectivity index (χ2n) is 8.16. The van der Waals surface area contributed by atoms with Gasteiger partial charge in [-0.3, -0.25) is 0 Å². The van der Waals surface area contributed by atoms with E-state index in [9.17, 15) is 4.79 Å². The Morgan fingerprint density at radius 2 is 1.68 bits per heavy atom. The van der Waals surface area contributed by atoms with Gasteiger partial charge in [0.2, 0.25) is 0 Å². The zero-order valence-corrected chi connectivity index (χ0v) is 18.0. The van der Waals surface area contributed by atoms with Crippen LogP contribution in [-0.4, -0.2) is 28.6 Å². The molecule has 4 rings (SSSR count). The third-order valence-corrected chi connectivity index (χ3v) is 4.68. The minimum absolute atomic E-state index is 0.519. The average Bonchev–Trinajstić information content (AvgIpc) is 3.13. The summed E-state index contributed by atoms with van der Waals surface area (Å²) in [6.45, 7) is 5.51. The minimum atomic E-state index is -0.629. The van der Waals surface area contributed by atoms with Crippen LogP contribution in [0.2, 0.25) is 0 Å². The molecule has 31 heavy (non-hydrogen) atoms. The van der Waals surface area contributed by atoms with Crippen molar-refractivity contribution in [2.24, 2.45) is 0 Å². The van der Waals surface area contributed by atoms with Crippen molar-refractivity contribution in [2.45, 2.75) is 26.4 Å². The number of ether oxygens (including phenoxy) is 2. The van der Waals surface area contributed by atoms with Crippen molar-refractivity contribution in [3.63, 3.8) is 0 Å². The lowest BCUT2D eigenvalue weighted by atomic mass is 10.1. The summed E-state index contributed by atoms with van der Waals surface area (Å²) in [6, 6.07) is 23.3. The van der Waals surface area contributed by atoms with Crippen molar-refractivity contribution in [2.75, 3.05) is 12.4 Å². The molecule has 0 spiro atoms. The standard InChI is InChI=1S/C25H25N3O3/c1-25(2,3)31-24(29)28-21-16-18(26-20-12-8-9-13-22(20)30-4)14-15-19(21)23(27-28)17-10-6-5-7-11-17/h5-16,26H,1-4H3. The van der Waals surface area contributed by atoms with Crippen molar-refractivity contribution in [1.29, 1.82) is 0 Å². The van der Waals surface area contributed by atoms with Gasteiger partial charge >= 0.3 is 6.09 Å². The van der Waals surface area contributed by atoms with Gasteiger partial charge in [0.25, 0.3) is 0 Å². The molecule has 0 aliphatic rings. The van der Waals surface area contributed by atoms with Crippen LogP contribution in [0.5, 0.6) is 5.75 Å². The van der Waals surface area contributed by atoms with E-state index in [0.29, 0.717) is 5.52 Å². The Balaban J connectivity index is 1.82. The topological polar surface area (TPSA) is 65.4 Å². The molecular formula is C25H25N3O3. The molecule has 0 saturated heterocycles. The molecule has 0 atom stereocenters. The largest absolute Gasteiger partial charge is 0.495 e. The van der Waals surface area contributed by atoms with Crippen molar-refractivity contribution < 1.29 is 14.3 Å². The third kappa shape index (κ3) is 4.38. The number of hydrogen-bond donors (Lipinski definition) is 1. The lowest BCUT2D eigenvalue weighted by Crippen LogP contribution is -2.27. The van der Waals surface area contributed by atoms with Gasteiger partial charge in [0.1, 0.15) is 17.0 Å². The van der Waals surface area contributed by atoms with E-state index in [0.717, 1.165) is 33.8 Å². The summed E-state index contributed by atoms with van der Waals surface area (Å²) in [5, 5.41) is 8.84. The number of fused-ring (bicyclic) bond motifs is 1. The Kier molecular flexibility index (Phi) is 5.38. The smallest absolute Gasteiger partial charge is 0.435 e. The van der Waals surface area contributed by atoms with Gasteiger partial charge < -0.3 is 14.8 Å². The summed E-state index contributed by atoms with van der Waals surface area (Å²) in [5.41, 5.74) is 3.33. The van der Waals surface area contributed by atoms with Crippen LogP contribution in [0, 0.1) is 0 Å². The van der Waals surface area contributed by atoms with Crippen molar-refractivity contribution in [3.05, 3.63) is 72.8 Å². The molecule has 1 heterocycles. The number of para-hydroxylation sites is 2. The molecule has 4 aromatic rings. The maximum Gasteiger partial charge on any atom is 0.435 e. The molecule has 6 heteroatoms. The molecule has 0 fully saturated rings. The summed E-state index contributed by atoms with van der Waals surface area (Å²) in [4.78, 5) is 12.9. The molecule has 0 radical (unpaired) electrons. The second kappa shape index (κ2) is 8.14. The Hall–Kier alpha value is -3.80. The zero-order valence-electron chi connectivity index (χ0n) is 18.0. The van der Waals surface area contributed by atoms with E-state index in [1.165, 1.54) is 4.68 Å². The lowest BCUT2D eigenvalue weighted by molar-refractivity contribution is 0.0523. The fourth-order valence-corrected chi connectivity index (χ4v) is 3.35. The zero-order chi connectivity index (χ0) is 22.0. The highest BCUT2D eigenvalue weighted by atomic mass is 16.6. The predicted octanol–water partition coefficient (Wildman–Crippen LogP) is 6.24. The first-order chi connectivity index (χ1) is 14.9. The maximum absolute atomic E-state index is 12.9. The number of methoxy groups -OCH3 is 1. The quantitative estimate of drug-likeness (QED) is 0.427. The fourth-order valence-electron chi connectivity index (χ4n) is 3.35.